The molecule has 3 N–H and O–H groups in total. The molecule has 1 aliphatic rings. The molecule has 1 aromatic carbocycles. The number of hydrogen-bond donors (Lipinski definition) is 2. The normalized spacial score (nSPS) is 16.2. The van der Waals surface area contributed by atoms with E-state index >= 15 is 0 Å². The fourth-order valence-corrected chi connectivity index (χ4v) is 2.58. The van der Waals surface area contributed by atoms with Crippen molar-refractivity contribution in [2.75, 3.05) is 25.1 Å². The predicted molar refractivity (Wildman–Crippen MR) is 81.6 cm³/mol. The molecule has 2 heterocycles. The molecular formula is C15H21N5O. The number of benzene rings is 1. The zero-order valence-corrected chi connectivity index (χ0v) is 12.2. The van der Waals surface area contributed by atoms with Crippen molar-refractivity contribution in [3.05, 3.63) is 35.7 Å². The van der Waals surface area contributed by atoms with Gasteiger partial charge in [-0.25, -0.2) is 0 Å². The van der Waals surface area contributed by atoms with Crippen LogP contribution in [0.2, 0.25) is 0 Å². The lowest BCUT2D eigenvalue weighted by molar-refractivity contribution is 0.414. The van der Waals surface area contributed by atoms with Gasteiger partial charge < -0.3 is 15.4 Å². The molecule has 1 fully saturated rings. The minimum atomic E-state index is 0.316. The summed E-state index contributed by atoms with van der Waals surface area (Å²) in [5, 5.41) is 7.35. The topological polar surface area (TPSA) is 80.1 Å². The maximum Gasteiger partial charge on any atom is 0.244 e. The molecule has 6 heteroatoms. The average Bonchev–Trinajstić information content (AvgIpc) is 2.96. The number of rotatable bonds is 4. The second-order valence-electron chi connectivity index (χ2n) is 5.43. The van der Waals surface area contributed by atoms with Gasteiger partial charge in [0.2, 0.25) is 5.95 Å². The smallest absolute Gasteiger partial charge is 0.244 e. The number of aromatic amines is 1. The summed E-state index contributed by atoms with van der Waals surface area (Å²) in [6, 6.07) is 8.31. The fourth-order valence-electron chi connectivity index (χ4n) is 2.58. The van der Waals surface area contributed by atoms with Gasteiger partial charge in [0.15, 0.2) is 0 Å². The third-order valence-corrected chi connectivity index (χ3v) is 3.85. The zero-order valence-electron chi connectivity index (χ0n) is 12.2. The summed E-state index contributed by atoms with van der Waals surface area (Å²) in [6.45, 7) is 1.86. The van der Waals surface area contributed by atoms with Crippen LogP contribution in [0.1, 0.15) is 24.2 Å². The van der Waals surface area contributed by atoms with E-state index in [1.807, 2.05) is 18.2 Å². The van der Waals surface area contributed by atoms with Crippen LogP contribution in [0.15, 0.2) is 24.3 Å². The van der Waals surface area contributed by atoms with Crippen LogP contribution in [0.4, 0.5) is 5.95 Å². The van der Waals surface area contributed by atoms with Gasteiger partial charge in [-0.1, -0.05) is 12.1 Å². The molecule has 3 rings (SSSR count). The second-order valence-corrected chi connectivity index (χ2v) is 5.43. The molecule has 1 aromatic heterocycles. The summed E-state index contributed by atoms with van der Waals surface area (Å²) in [6.07, 6.45) is 2.72. The van der Waals surface area contributed by atoms with Crippen LogP contribution >= 0.6 is 0 Å². The lowest BCUT2D eigenvalue weighted by Crippen LogP contribution is -2.40. The fraction of sp³-hybridized carbons (Fsp3) is 0.467. The largest absolute Gasteiger partial charge is 0.497 e. The highest BCUT2D eigenvalue weighted by Crippen LogP contribution is 2.18. The highest BCUT2D eigenvalue weighted by Gasteiger charge is 2.19. The number of nitrogens with one attached hydrogen (secondary N) is 1. The Bertz CT molecular complexity index is 589. The summed E-state index contributed by atoms with van der Waals surface area (Å²) in [5.74, 6) is 2.50. The van der Waals surface area contributed by atoms with Crippen molar-refractivity contribution in [2.24, 2.45) is 5.73 Å². The van der Waals surface area contributed by atoms with E-state index in [1.54, 1.807) is 7.11 Å². The number of H-pyrrole nitrogens is 1. The Labute approximate surface area is 124 Å². The Balaban J connectivity index is 1.67. The average molecular weight is 287 g/mol. The number of ether oxygens (including phenoxy) is 1. The SMILES string of the molecule is COc1cccc(Cc2nc(N3CCC(N)CC3)n[nH]2)c1. The van der Waals surface area contributed by atoms with Crippen LogP contribution in [0, 0.1) is 0 Å². The van der Waals surface area contributed by atoms with Crippen molar-refractivity contribution in [1.29, 1.82) is 0 Å². The minimum absolute atomic E-state index is 0.316. The van der Waals surface area contributed by atoms with Crippen LogP contribution in [0.3, 0.4) is 0 Å². The van der Waals surface area contributed by atoms with E-state index in [4.69, 9.17) is 10.5 Å². The summed E-state index contributed by atoms with van der Waals surface area (Å²) < 4.78 is 5.24. The lowest BCUT2D eigenvalue weighted by Gasteiger charge is -2.28. The summed E-state index contributed by atoms with van der Waals surface area (Å²) >= 11 is 0. The van der Waals surface area contributed by atoms with Gasteiger partial charge in [-0.05, 0) is 30.5 Å². The Kier molecular flexibility index (Phi) is 4.06. The minimum Gasteiger partial charge on any atom is -0.497 e. The van der Waals surface area contributed by atoms with E-state index in [-0.39, 0.29) is 0 Å². The number of nitrogens with two attached hydrogens (primary N) is 1. The van der Waals surface area contributed by atoms with Crippen LogP contribution in [-0.2, 0) is 6.42 Å². The van der Waals surface area contributed by atoms with Crippen molar-refractivity contribution in [1.82, 2.24) is 15.2 Å². The molecule has 0 aliphatic carbocycles. The van der Waals surface area contributed by atoms with E-state index in [0.717, 1.165) is 55.4 Å². The molecule has 1 aliphatic heterocycles. The molecule has 0 bridgehead atoms. The van der Waals surface area contributed by atoms with E-state index in [1.165, 1.54) is 0 Å². The number of methoxy groups -OCH3 is 1. The van der Waals surface area contributed by atoms with Gasteiger partial charge in [0.1, 0.15) is 11.6 Å². The molecule has 1 saturated heterocycles. The highest BCUT2D eigenvalue weighted by atomic mass is 16.5. The predicted octanol–water partition coefficient (Wildman–Crippen LogP) is 1.33. The molecular weight excluding hydrogens is 266 g/mol. The third kappa shape index (κ3) is 3.33. The standard InChI is InChI=1S/C15H21N5O/c1-21-13-4-2-3-11(9-13)10-14-17-15(19-18-14)20-7-5-12(16)6-8-20/h2-4,9,12H,5-8,10,16H2,1H3,(H,17,18,19). The lowest BCUT2D eigenvalue weighted by atomic mass is 10.1. The van der Waals surface area contributed by atoms with Crippen molar-refractivity contribution in [3.63, 3.8) is 0 Å². The first-order valence-electron chi connectivity index (χ1n) is 7.29. The van der Waals surface area contributed by atoms with Crippen molar-refractivity contribution in [2.45, 2.75) is 25.3 Å². The van der Waals surface area contributed by atoms with Crippen LogP contribution in [0.5, 0.6) is 5.75 Å². The van der Waals surface area contributed by atoms with Crippen molar-refractivity contribution in [3.8, 4) is 5.75 Å². The molecule has 0 saturated carbocycles. The molecule has 0 spiro atoms. The van der Waals surface area contributed by atoms with Gasteiger partial charge in [0.05, 0.1) is 7.11 Å². The monoisotopic (exact) mass is 287 g/mol. The molecule has 21 heavy (non-hydrogen) atoms. The molecule has 2 aromatic rings. The van der Waals surface area contributed by atoms with Gasteiger partial charge in [0, 0.05) is 25.6 Å². The molecule has 0 radical (unpaired) electrons. The number of aromatic nitrogens is 3. The number of nitrogens with zero attached hydrogens (tertiary/aromatic N) is 3. The van der Waals surface area contributed by atoms with Gasteiger partial charge >= 0.3 is 0 Å². The summed E-state index contributed by atoms with van der Waals surface area (Å²) in [4.78, 5) is 6.78. The third-order valence-electron chi connectivity index (χ3n) is 3.85. The Morgan fingerprint density at radius 2 is 2.19 bits per heavy atom. The van der Waals surface area contributed by atoms with E-state index in [0.29, 0.717) is 6.04 Å². The molecule has 0 atom stereocenters. The second kappa shape index (κ2) is 6.13. The van der Waals surface area contributed by atoms with Crippen molar-refractivity contribution < 1.29 is 4.74 Å². The quantitative estimate of drug-likeness (QED) is 0.887. The maximum atomic E-state index is 5.92. The Morgan fingerprint density at radius 3 is 2.95 bits per heavy atom. The highest BCUT2D eigenvalue weighted by molar-refractivity contribution is 5.33. The first-order chi connectivity index (χ1) is 10.2. The number of hydrogen-bond acceptors (Lipinski definition) is 5. The van der Waals surface area contributed by atoms with Crippen LogP contribution < -0.4 is 15.4 Å². The summed E-state index contributed by atoms with van der Waals surface area (Å²) in [7, 11) is 1.67. The van der Waals surface area contributed by atoms with Gasteiger partial charge in [0.25, 0.3) is 0 Å². The Hall–Kier alpha value is -2.08. The van der Waals surface area contributed by atoms with Crippen molar-refractivity contribution >= 4 is 5.95 Å². The molecule has 112 valence electrons. The number of anilines is 1. The van der Waals surface area contributed by atoms with Gasteiger partial charge in [-0.3, -0.25) is 5.10 Å². The first-order valence-corrected chi connectivity index (χ1v) is 7.29. The maximum absolute atomic E-state index is 5.92. The number of piperidine rings is 1. The zero-order chi connectivity index (χ0) is 14.7. The Morgan fingerprint density at radius 1 is 1.38 bits per heavy atom. The van der Waals surface area contributed by atoms with Crippen LogP contribution in [0.25, 0.3) is 0 Å². The van der Waals surface area contributed by atoms with Gasteiger partial charge in [-0.2, -0.15) is 4.98 Å². The van der Waals surface area contributed by atoms with E-state index in [2.05, 4.69) is 26.1 Å². The van der Waals surface area contributed by atoms with Gasteiger partial charge in [-0.15, -0.1) is 5.10 Å². The molecule has 0 unspecified atom stereocenters. The van der Waals surface area contributed by atoms with Crippen LogP contribution in [-0.4, -0.2) is 41.4 Å². The van der Waals surface area contributed by atoms with E-state index < -0.39 is 0 Å². The molecule has 6 nitrogen and oxygen atoms in total. The molecule has 0 amide bonds. The summed E-state index contributed by atoms with van der Waals surface area (Å²) in [5.41, 5.74) is 7.07. The van der Waals surface area contributed by atoms with E-state index in [9.17, 15) is 0 Å². The first kappa shape index (κ1) is 13.9.